The van der Waals surface area contributed by atoms with Crippen molar-refractivity contribution in [3.63, 3.8) is 0 Å². The number of alkyl halides is 1. The van der Waals surface area contributed by atoms with Crippen LogP contribution in [0.1, 0.15) is 5.56 Å². The molecule has 0 heterocycles. The fourth-order valence-corrected chi connectivity index (χ4v) is 1.23. The summed E-state index contributed by atoms with van der Waals surface area (Å²) in [5.74, 6) is 0. The average Bonchev–Trinajstić information content (AvgIpc) is 2.03. The van der Waals surface area contributed by atoms with Gasteiger partial charge in [0.15, 0.2) is 0 Å². The SMILES string of the molecule is O=S(=O)(O)c1ccc(CF)cc1. The van der Waals surface area contributed by atoms with Gasteiger partial charge in [0, 0.05) is 0 Å². The fourth-order valence-electron chi connectivity index (χ4n) is 0.751. The molecule has 0 bridgehead atoms. The molecule has 0 saturated heterocycles. The molecule has 0 amide bonds. The van der Waals surface area contributed by atoms with Gasteiger partial charge in [-0.3, -0.25) is 4.55 Å². The maximum Gasteiger partial charge on any atom is 0.294 e. The minimum Gasteiger partial charge on any atom is -0.282 e. The van der Waals surface area contributed by atoms with Crippen LogP contribution in [0, 0.1) is 0 Å². The Morgan fingerprint density at radius 1 is 1.25 bits per heavy atom. The van der Waals surface area contributed by atoms with Gasteiger partial charge in [-0.25, -0.2) is 4.39 Å². The zero-order valence-electron chi connectivity index (χ0n) is 6.07. The zero-order chi connectivity index (χ0) is 9.19. The van der Waals surface area contributed by atoms with Crippen LogP contribution < -0.4 is 0 Å². The highest BCUT2D eigenvalue weighted by Gasteiger charge is 2.07. The molecule has 0 aliphatic carbocycles. The Balaban J connectivity index is 3.09. The van der Waals surface area contributed by atoms with Crippen molar-refractivity contribution < 1.29 is 17.4 Å². The lowest BCUT2D eigenvalue weighted by atomic mass is 10.2. The van der Waals surface area contributed by atoms with Gasteiger partial charge in [0.1, 0.15) is 6.67 Å². The summed E-state index contributed by atoms with van der Waals surface area (Å²) in [7, 11) is -4.15. The Kier molecular flexibility index (Phi) is 2.44. The van der Waals surface area contributed by atoms with Crippen molar-refractivity contribution in [2.24, 2.45) is 0 Å². The van der Waals surface area contributed by atoms with Gasteiger partial charge in [0.05, 0.1) is 4.90 Å². The first-order valence-electron chi connectivity index (χ1n) is 3.16. The van der Waals surface area contributed by atoms with Crippen LogP contribution in [0.3, 0.4) is 0 Å². The molecule has 0 radical (unpaired) electrons. The molecule has 5 heteroatoms. The molecule has 0 saturated carbocycles. The van der Waals surface area contributed by atoms with Crippen molar-refractivity contribution in [3.8, 4) is 0 Å². The van der Waals surface area contributed by atoms with Crippen LogP contribution in [0.2, 0.25) is 0 Å². The smallest absolute Gasteiger partial charge is 0.282 e. The predicted octanol–water partition coefficient (Wildman–Crippen LogP) is 1.40. The van der Waals surface area contributed by atoms with Crippen LogP contribution in [-0.4, -0.2) is 13.0 Å². The van der Waals surface area contributed by atoms with Gasteiger partial charge in [0.2, 0.25) is 0 Å². The lowest BCUT2D eigenvalue weighted by molar-refractivity contribution is 0.479. The first kappa shape index (κ1) is 9.15. The van der Waals surface area contributed by atoms with E-state index in [4.69, 9.17) is 4.55 Å². The summed E-state index contributed by atoms with van der Waals surface area (Å²) in [5.41, 5.74) is 0.377. The number of hydrogen-bond donors (Lipinski definition) is 1. The van der Waals surface area contributed by atoms with Crippen molar-refractivity contribution in [1.29, 1.82) is 0 Å². The fraction of sp³-hybridized carbons (Fsp3) is 0.143. The highest BCUT2D eigenvalue weighted by Crippen LogP contribution is 2.10. The van der Waals surface area contributed by atoms with Gasteiger partial charge in [-0.15, -0.1) is 0 Å². The van der Waals surface area contributed by atoms with Crippen molar-refractivity contribution in [1.82, 2.24) is 0 Å². The van der Waals surface area contributed by atoms with E-state index >= 15 is 0 Å². The van der Waals surface area contributed by atoms with E-state index in [9.17, 15) is 12.8 Å². The average molecular weight is 190 g/mol. The Morgan fingerprint density at radius 2 is 1.75 bits per heavy atom. The molecule has 0 atom stereocenters. The summed E-state index contributed by atoms with van der Waals surface area (Å²) >= 11 is 0. The number of benzene rings is 1. The summed E-state index contributed by atoms with van der Waals surface area (Å²) in [4.78, 5) is -0.222. The third-order valence-electron chi connectivity index (χ3n) is 1.38. The second-order valence-corrected chi connectivity index (χ2v) is 3.67. The molecule has 1 aromatic rings. The van der Waals surface area contributed by atoms with Crippen molar-refractivity contribution >= 4 is 10.1 Å². The third-order valence-corrected chi connectivity index (χ3v) is 2.24. The maximum atomic E-state index is 11.9. The van der Waals surface area contributed by atoms with E-state index in [0.717, 1.165) is 12.1 Å². The molecule has 1 aromatic carbocycles. The quantitative estimate of drug-likeness (QED) is 0.717. The summed E-state index contributed by atoms with van der Waals surface area (Å²) in [6, 6.07) is 4.93. The topological polar surface area (TPSA) is 54.4 Å². The monoisotopic (exact) mass is 190 g/mol. The molecule has 0 fully saturated rings. The lowest BCUT2D eigenvalue weighted by Crippen LogP contribution is -1.97. The number of rotatable bonds is 2. The second-order valence-electron chi connectivity index (χ2n) is 2.25. The molecule has 1 N–H and O–H groups in total. The molecule has 3 nitrogen and oxygen atoms in total. The summed E-state index contributed by atoms with van der Waals surface area (Å²) in [6.45, 7) is -0.647. The largest absolute Gasteiger partial charge is 0.294 e. The van der Waals surface area contributed by atoms with Crippen LogP contribution in [0.4, 0.5) is 4.39 Å². The summed E-state index contributed by atoms with van der Waals surface area (Å²) in [5, 5.41) is 0. The predicted molar refractivity (Wildman–Crippen MR) is 41.1 cm³/mol. The summed E-state index contributed by atoms with van der Waals surface area (Å²) in [6.07, 6.45) is 0. The molecule has 0 aliphatic heterocycles. The van der Waals surface area contributed by atoms with E-state index in [2.05, 4.69) is 0 Å². The van der Waals surface area contributed by atoms with E-state index in [-0.39, 0.29) is 4.90 Å². The van der Waals surface area contributed by atoms with Crippen molar-refractivity contribution in [3.05, 3.63) is 29.8 Å². The first-order valence-corrected chi connectivity index (χ1v) is 4.60. The molecule has 0 unspecified atom stereocenters. The Morgan fingerprint density at radius 3 is 2.08 bits per heavy atom. The normalized spacial score (nSPS) is 11.5. The van der Waals surface area contributed by atoms with E-state index in [0.29, 0.717) is 5.56 Å². The highest BCUT2D eigenvalue weighted by molar-refractivity contribution is 7.85. The molecule has 0 aliphatic rings. The van der Waals surface area contributed by atoms with Crippen LogP contribution >= 0.6 is 0 Å². The molecule has 0 aromatic heterocycles. The van der Waals surface area contributed by atoms with Crippen LogP contribution in [-0.2, 0) is 16.8 Å². The van der Waals surface area contributed by atoms with Gasteiger partial charge >= 0.3 is 0 Å². The number of halogens is 1. The highest BCUT2D eigenvalue weighted by atomic mass is 32.2. The van der Waals surface area contributed by atoms with Crippen molar-refractivity contribution in [2.75, 3.05) is 0 Å². The molecular weight excluding hydrogens is 183 g/mol. The van der Waals surface area contributed by atoms with Gasteiger partial charge in [-0.2, -0.15) is 8.42 Å². The van der Waals surface area contributed by atoms with Gasteiger partial charge in [-0.1, -0.05) is 12.1 Å². The number of hydrogen-bond acceptors (Lipinski definition) is 2. The van der Waals surface area contributed by atoms with E-state index in [1.54, 1.807) is 0 Å². The van der Waals surface area contributed by atoms with Crippen LogP contribution in [0.5, 0.6) is 0 Å². The van der Waals surface area contributed by atoms with Gasteiger partial charge in [-0.05, 0) is 17.7 Å². The van der Waals surface area contributed by atoms with Crippen molar-refractivity contribution in [2.45, 2.75) is 11.6 Å². The third kappa shape index (κ3) is 2.02. The minimum atomic E-state index is -4.15. The van der Waals surface area contributed by atoms with Gasteiger partial charge in [0.25, 0.3) is 10.1 Å². The minimum absolute atomic E-state index is 0.222. The van der Waals surface area contributed by atoms with Crippen LogP contribution in [0.15, 0.2) is 29.2 Å². The molecule has 66 valence electrons. The lowest BCUT2D eigenvalue weighted by Gasteiger charge is -1.96. The van der Waals surface area contributed by atoms with Gasteiger partial charge < -0.3 is 0 Å². The first-order chi connectivity index (χ1) is 5.54. The standard InChI is InChI=1S/C7H7FO3S/c8-5-6-1-3-7(4-2-6)12(9,10)11/h1-4H,5H2,(H,9,10,11). The molecule has 12 heavy (non-hydrogen) atoms. The molecule has 0 spiro atoms. The molecular formula is C7H7FO3S. The Labute approximate surface area is 69.6 Å². The Bertz CT molecular complexity index is 355. The van der Waals surface area contributed by atoms with E-state index in [1.807, 2.05) is 0 Å². The molecule has 1 rings (SSSR count). The maximum absolute atomic E-state index is 11.9. The van der Waals surface area contributed by atoms with E-state index in [1.165, 1.54) is 12.1 Å². The van der Waals surface area contributed by atoms with Crippen LogP contribution in [0.25, 0.3) is 0 Å². The Hall–Kier alpha value is -0.940. The zero-order valence-corrected chi connectivity index (χ0v) is 6.88. The summed E-state index contributed by atoms with van der Waals surface area (Å²) < 4.78 is 41.5. The second kappa shape index (κ2) is 3.20. The van der Waals surface area contributed by atoms with E-state index < -0.39 is 16.8 Å².